The van der Waals surface area contributed by atoms with Crippen molar-refractivity contribution in [1.82, 2.24) is 0 Å². The van der Waals surface area contributed by atoms with Crippen LogP contribution in [0, 0.1) is 0 Å². The molecule has 2 atom stereocenters. The largest absolute Gasteiger partial charge is 0.385 e. The summed E-state index contributed by atoms with van der Waals surface area (Å²) in [6.45, 7) is 9.38. The summed E-state index contributed by atoms with van der Waals surface area (Å²) >= 11 is 0. The second-order valence-corrected chi connectivity index (χ2v) is 6.71. The predicted octanol–water partition coefficient (Wildman–Crippen LogP) is 3.76. The first-order chi connectivity index (χ1) is 8.85. The fourth-order valence-corrected chi connectivity index (χ4v) is 2.74. The van der Waals surface area contributed by atoms with E-state index in [9.17, 15) is 5.11 Å². The average molecular weight is 262 g/mol. The van der Waals surface area contributed by atoms with E-state index in [0.29, 0.717) is 19.4 Å². The predicted molar refractivity (Wildman–Crippen MR) is 78.3 cm³/mol. The van der Waals surface area contributed by atoms with Crippen LogP contribution in [0.15, 0.2) is 24.3 Å². The van der Waals surface area contributed by atoms with E-state index in [1.54, 1.807) is 0 Å². The van der Waals surface area contributed by atoms with E-state index in [-0.39, 0.29) is 11.5 Å². The van der Waals surface area contributed by atoms with Crippen LogP contribution >= 0.6 is 0 Å². The highest BCUT2D eigenvalue weighted by atomic mass is 16.5. The third kappa shape index (κ3) is 3.18. The van der Waals surface area contributed by atoms with Gasteiger partial charge in [0.1, 0.15) is 0 Å². The molecule has 2 nitrogen and oxygen atoms in total. The first-order valence-corrected chi connectivity index (χ1v) is 7.30. The minimum atomic E-state index is -0.713. The van der Waals surface area contributed by atoms with Gasteiger partial charge in [0.2, 0.25) is 0 Å². The molecule has 1 saturated heterocycles. The molecule has 106 valence electrons. The van der Waals surface area contributed by atoms with E-state index < -0.39 is 5.60 Å². The summed E-state index contributed by atoms with van der Waals surface area (Å²) in [5.41, 5.74) is 1.78. The molecular weight excluding hydrogens is 236 g/mol. The Labute approximate surface area is 116 Å². The van der Waals surface area contributed by atoms with E-state index in [0.717, 1.165) is 12.0 Å². The van der Waals surface area contributed by atoms with Gasteiger partial charge in [0.25, 0.3) is 0 Å². The normalized spacial score (nSPS) is 28.4. The van der Waals surface area contributed by atoms with Crippen LogP contribution in [0.5, 0.6) is 0 Å². The molecule has 2 rings (SSSR count). The van der Waals surface area contributed by atoms with Crippen LogP contribution in [0.4, 0.5) is 0 Å². The molecule has 2 unspecified atom stereocenters. The molecule has 1 aliphatic rings. The Morgan fingerprint density at radius 1 is 1.26 bits per heavy atom. The summed E-state index contributed by atoms with van der Waals surface area (Å²) < 4.78 is 5.66. The Morgan fingerprint density at radius 2 is 1.89 bits per heavy atom. The Bertz CT molecular complexity index is 416. The van der Waals surface area contributed by atoms with Gasteiger partial charge in [-0.15, -0.1) is 0 Å². The minimum absolute atomic E-state index is 0.156. The van der Waals surface area contributed by atoms with Crippen molar-refractivity contribution in [2.75, 3.05) is 6.61 Å². The lowest BCUT2D eigenvalue weighted by atomic mass is 9.80. The van der Waals surface area contributed by atoms with Crippen LogP contribution in [-0.2, 0) is 15.8 Å². The van der Waals surface area contributed by atoms with Gasteiger partial charge in [-0.1, -0.05) is 52.0 Å². The second-order valence-electron chi connectivity index (χ2n) is 6.71. The molecule has 1 fully saturated rings. The number of rotatable bonds is 2. The maximum atomic E-state index is 10.9. The van der Waals surface area contributed by atoms with Crippen LogP contribution < -0.4 is 0 Å². The molecule has 0 radical (unpaired) electrons. The maximum Gasteiger partial charge on any atom is 0.0943 e. The number of aliphatic hydroxyl groups is 1. The fourth-order valence-electron chi connectivity index (χ4n) is 2.74. The number of ether oxygens (including phenoxy) is 1. The van der Waals surface area contributed by atoms with Crippen molar-refractivity contribution in [3.05, 3.63) is 35.4 Å². The van der Waals surface area contributed by atoms with Gasteiger partial charge in [0, 0.05) is 12.8 Å². The third-order valence-electron chi connectivity index (χ3n) is 4.18. The zero-order valence-electron chi connectivity index (χ0n) is 12.6. The molecule has 0 bridgehead atoms. The van der Waals surface area contributed by atoms with Crippen molar-refractivity contribution in [2.45, 2.75) is 64.1 Å². The van der Waals surface area contributed by atoms with Crippen LogP contribution in [0.2, 0.25) is 0 Å². The number of hydrogen-bond acceptors (Lipinski definition) is 2. The Hall–Kier alpha value is -0.860. The van der Waals surface area contributed by atoms with Gasteiger partial charge in [-0.05, 0) is 23.0 Å². The average Bonchev–Trinajstić information content (AvgIpc) is 2.38. The summed E-state index contributed by atoms with van der Waals surface area (Å²) in [5, 5.41) is 10.9. The lowest BCUT2D eigenvalue weighted by Gasteiger charge is -2.37. The lowest BCUT2D eigenvalue weighted by Crippen LogP contribution is -2.38. The van der Waals surface area contributed by atoms with Crippen LogP contribution in [0.3, 0.4) is 0 Å². The molecule has 0 aromatic heterocycles. The van der Waals surface area contributed by atoms with Gasteiger partial charge in [-0.25, -0.2) is 0 Å². The highest BCUT2D eigenvalue weighted by molar-refractivity contribution is 5.31. The highest BCUT2D eigenvalue weighted by Gasteiger charge is 2.36. The maximum absolute atomic E-state index is 10.9. The molecular formula is C17H26O2. The molecule has 0 saturated carbocycles. The van der Waals surface area contributed by atoms with Crippen LogP contribution in [0.1, 0.15) is 58.1 Å². The van der Waals surface area contributed by atoms with E-state index in [4.69, 9.17) is 4.74 Å². The molecule has 0 spiro atoms. The summed E-state index contributed by atoms with van der Waals surface area (Å²) in [7, 11) is 0. The molecule has 0 amide bonds. The van der Waals surface area contributed by atoms with E-state index in [1.165, 1.54) is 5.56 Å². The molecule has 2 heteroatoms. The molecule has 1 aliphatic heterocycles. The van der Waals surface area contributed by atoms with Crippen molar-refractivity contribution in [1.29, 1.82) is 0 Å². The molecule has 0 aliphatic carbocycles. The zero-order valence-corrected chi connectivity index (χ0v) is 12.6. The van der Waals surface area contributed by atoms with Crippen LogP contribution in [-0.4, -0.2) is 17.8 Å². The van der Waals surface area contributed by atoms with E-state index >= 15 is 0 Å². The Balaban J connectivity index is 2.21. The smallest absolute Gasteiger partial charge is 0.0943 e. The van der Waals surface area contributed by atoms with Crippen molar-refractivity contribution in [3.63, 3.8) is 0 Å². The lowest BCUT2D eigenvalue weighted by molar-refractivity contribution is -0.108. The quantitative estimate of drug-likeness (QED) is 0.879. The van der Waals surface area contributed by atoms with Gasteiger partial charge in [-0.3, -0.25) is 0 Å². The van der Waals surface area contributed by atoms with Gasteiger partial charge < -0.3 is 9.84 Å². The molecule has 1 N–H and O–H groups in total. The van der Waals surface area contributed by atoms with Crippen molar-refractivity contribution >= 4 is 0 Å². The summed E-state index contributed by atoms with van der Waals surface area (Å²) in [6, 6.07) is 8.45. The first kappa shape index (κ1) is 14.5. The minimum Gasteiger partial charge on any atom is -0.385 e. The first-order valence-electron chi connectivity index (χ1n) is 7.30. The zero-order chi connectivity index (χ0) is 14.1. The van der Waals surface area contributed by atoms with Crippen molar-refractivity contribution in [3.8, 4) is 0 Å². The van der Waals surface area contributed by atoms with E-state index in [1.807, 2.05) is 0 Å². The van der Waals surface area contributed by atoms with Gasteiger partial charge in [0.05, 0.1) is 18.3 Å². The number of hydrogen-bond donors (Lipinski definition) is 1. The molecule has 1 aromatic rings. The van der Waals surface area contributed by atoms with Gasteiger partial charge in [0.15, 0.2) is 0 Å². The molecule has 19 heavy (non-hydrogen) atoms. The Kier molecular flexibility index (Phi) is 4.03. The molecule has 1 aromatic carbocycles. The second kappa shape index (κ2) is 5.26. The summed E-state index contributed by atoms with van der Waals surface area (Å²) in [6.07, 6.45) is 2.54. The van der Waals surface area contributed by atoms with Gasteiger partial charge in [-0.2, -0.15) is 0 Å². The Morgan fingerprint density at radius 3 is 2.42 bits per heavy atom. The number of benzene rings is 1. The molecule has 1 heterocycles. The standard InChI is InChI=1S/C17H26O2/c1-5-15-12-17(18,10-11-19-15)14-8-6-13(7-9-14)16(2,3)4/h6-9,15,18H,5,10-12H2,1-4H3. The monoisotopic (exact) mass is 262 g/mol. The highest BCUT2D eigenvalue weighted by Crippen LogP contribution is 2.36. The summed E-state index contributed by atoms with van der Waals surface area (Å²) in [4.78, 5) is 0. The van der Waals surface area contributed by atoms with Crippen LogP contribution in [0.25, 0.3) is 0 Å². The topological polar surface area (TPSA) is 29.5 Å². The van der Waals surface area contributed by atoms with E-state index in [2.05, 4.69) is 52.0 Å². The SMILES string of the molecule is CCC1CC(O)(c2ccc(C(C)(C)C)cc2)CCO1. The fraction of sp³-hybridized carbons (Fsp3) is 0.647. The van der Waals surface area contributed by atoms with Crippen molar-refractivity contribution in [2.24, 2.45) is 0 Å². The van der Waals surface area contributed by atoms with Gasteiger partial charge >= 0.3 is 0 Å². The summed E-state index contributed by atoms with van der Waals surface area (Å²) in [5.74, 6) is 0. The van der Waals surface area contributed by atoms with Crippen molar-refractivity contribution < 1.29 is 9.84 Å². The third-order valence-corrected chi connectivity index (χ3v) is 4.18.